The molecular formula is C11H12N2S. The minimum absolute atomic E-state index is 1.03. The molecule has 0 aliphatic carbocycles. The molecule has 1 N–H and O–H groups in total. The maximum absolute atomic E-state index is 4.06. The summed E-state index contributed by atoms with van der Waals surface area (Å²) in [6.07, 6.45) is 1.70. The zero-order chi connectivity index (χ0) is 10.2. The number of benzene rings is 1. The van der Waals surface area contributed by atoms with Crippen LogP contribution in [0, 0.1) is 0 Å². The molecule has 0 spiro atoms. The van der Waals surface area contributed by atoms with E-state index in [9.17, 15) is 0 Å². The van der Waals surface area contributed by atoms with Gasteiger partial charge in [0.1, 0.15) is 0 Å². The van der Waals surface area contributed by atoms with E-state index in [0.29, 0.717) is 0 Å². The minimum atomic E-state index is 1.03. The van der Waals surface area contributed by atoms with E-state index in [1.54, 1.807) is 17.1 Å². The van der Waals surface area contributed by atoms with Crippen molar-refractivity contribution < 1.29 is 0 Å². The van der Waals surface area contributed by atoms with Gasteiger partial charge in [0.2, 0.25) is 0 Å². The summed E-state index contributed by atoms with van der Waals surface area (Å²) >= 11 is 1.49. The molecule has 1 aromatic carbocycles. The van der Waals surface area contributed by atoms with Gasteiger partial charge in [0, 0.05) is 0 Å². The van der Waals surface area contributed by atoms with Crippen LogP contribution in [0.1, 0.15) is 0 Å². The fourth-order valence-electron chi connectivity index (χ4n) is 0.948. The van der Waals surface area contributed by atoms with Crippen molar-refractivity contribution in [2.75, 3.05) is 0 Å². The SMILES string of the molecule is C=CSC=C.c1ccc2[nH]cnc2c1. The number of para-hydroxylation sites is 2. The van der Waals surface area contributed by atoms with Crippen molar-refractivity contribution in [2.45, 2.75) is 0 Å². The van der Waals surface area contributed by atoms with Gasteiger partial charge in [-0.2, -0.15) is 0 Å². The topological polar surface area (TPSA) is 28.7 Å². The second-order valence-electron chi connectivity index (χ2n) is 2.39. The average molecular weight is 204 g/mol. The van der Waals surface area contributed by atoms with Gasteiger partial charge < -0.3 is 4.98 Å². The number of fused-ring (bicyclic) bond motifs is 1. The summed E-state index contributed by atoms with van der Waals surface area (Å²) < 4.78 is 0. The second-order valence-corrected chi connectivity index (χ2v) is 3.33. The lowest BCUT2D eigenvalue weighted by molar-refractivity contribution is 1.34. The monoisotopic (exact) mass is 204 g/mol. The first-order valence-electron chi connectivity index (χ1n) is 4.14. The number of thioether (sulfide) groups is 1. The summed E-state index contributed by atoms with van der Waals surface area (Å²) in [5.41, 5.74) is 2.12. The van der Waals surface area contributed by atoms with Gasteiger partial charge in [-0.15, -0.1) is 11.8 Å². The van der Waals surface area contributed by atoms with Gasteiger partial charge in [0.25, 0.3) is 0 Å². The van der Waals surface area contributed by atoms with E-state index in [1.807, 2.05) is 24.3 Å². The molecule has 0 bridgehead atoms. The fraction of sp³-hybridized carbons (Fsp3) is 0. The molecule has 72 valence electrons. The quantitative estimate of drug-likeness (QED) is 0.810. The van der Waals surface area contributed by atoms with Crippen molar-refractivity contribution in [3.05, 3.63) is 54.6 Å². The van der Waals surface area contributed by atoms with Crippen molar-refractivity contribution in [3.63, 3.8) is 0 Å². The molecule has 14 heavy (non-hydrogen) atoms. The smallest absolute Gasteiger partial charge is 0.0931 e. The molecule has 2 nitrogen and oxygen atoms in total. The first kappa shape index (κ1) is 10.6. The van der Waals surface area contributed by atoms with Gasteiger partial charge in [-0.25, -0.2) is 4.98 Å². The molecule has 2 rings (SSSR count). The molecule has 0 aliphatic heterocycles. The van der Waals surface area contributed by atoms with Crippen molar-refractivity contribution in [2.24, 2.45) is 0 Å². The molecule has 0 amide bonds. The number of hydrogen-bond donors (Lipinski definition) is 1. The Balaban J connectivity index is 0.000000171. The van der Waals surface area contributed by atoms with Crippen molar-refractivity contribution in [1.29, 1.82) is 0 Å². The molecule has 0 saturated carbocycles. The van der Waals surface area contributed by atoms with Crippen LogP contribution in [0.4, 0.5) is 0 Å². The summed E-state index contributed by atoms with van der Waals surface area (Å²) in [6.45, 7) is 6.88. The van der Waals surface area contributed by atoms with Crippen molar-refractivity contribution in [1.82, 2.24) is 9.97 Å². The highest BCUT2D eigenvalue weighted by molar-refractivity contribution is 8.04. The largest absolute Gasteiger partial charge is 0.345 e. The van der Waals surface area contributed by atoms with E-state index in [0.717, 1.165) is 11.0 Å². The number of nitrogens with one attached hydrogen (secondary N) is 1. The third-order valence-electron chi connectivity index (χ3n) is 1.52. The molecule has 2 aromatic rings. The summed E-state index contributed by atoms with van der Waals surface area (Å²) in [5.74, 6) is 0. The average Bonchev–Trinajstić information content (AvgIpc) is 2.67. The predicted molar refractivity (Wildman–Crippen MR) is 64.1 cm³/mol. The maximum atomic E-state index is 4.06. The third-order valence-corrected chi connectivity index (χ3v) is 1.91. The van der Waals surface area contributed by atoms with Crippen LogP contribution in [0.25, 0.3) is 11.0 Å². The van der Waals surface area contributed by atoms with E-state index in [4.69, 9.17) is 0 Å². The molecule has 1 aromatic heterocycles. The zero-order valence-electron chi connectivity index (χ0n) is 7.81. The van der Waals surface area contributed by atoms with Crippen molar-refractivity contribution >= 4 is 22.8 Å². The lowest BCUT2D eigenvalue weighted by Gasteiger charge is -1.81. The Bertz CT molecular complexity index is 370. The van der Waals surface area contributed by atoms with Crippen LogP contribution in [0.5, 0.6) is 0 Å². The fourth-order valence-corrected chi connectivity index (χ4v) is 1.08. The van der Waals surface area contributed by atoms with Crippen LogP contribution in [0.15, 0.2) is 54.6 Å². The van der Waals surface area contributed by atoms with Crippen LogP contribution in [0.3, 0.4) is 0 Å². The number of aromatic nitrogens is 2. The number of nitrogens with zero attached hydrogens (tertiary/aromatic N) is 1. The lowest BCUT2D eigenvalue weighted by Crippen LogP contribution is -1.63. The standard InChI is InChI=1S/C7H6N2.C4H6S/c1-2-4-7-6(3-1)8-5-9-7;1-3-5-4-2/h1-5H,(H,8,9);3-4H,1-2H2. The Morgan fingerprint density at radius 3 is 2.50 bits per heavy atom. The Hall–Kier alpha value is -1.48. The Kier molecular flexibility index (Phi) is 4.58. The summed E-state index contributed by atoms with van der Waals surface area (Å²) in [7, 11) is 0. The lowest BCUT2D eigenvalue weighted by atomic mass is 10.3. The Labute approximate surface area is 87.8 Å². The van der Waals surface area contributed by atoms with Gasteiger partial charge in [0.05, 0.1) is 17.4 Å². The van der Waals surface area contributed by atoms with Crippen LogP contribution >= 0.6 is 11.8 Å². The normalized spacial score (nSPS) is 8.86. The van der Waals surface area contributed by atoms with Gasteiger partial charge in [-0.1, -0.05) is 25.3 Å². The van der Waals surface area contributed by atoms with Gasteiger partial charge in [-0.05, 0) is 22.9 Å². The molecule has 0 radical (unpaired) electrons. The second kappa shape index (κ2) is 6.05. The number of H-pyrrole nitrogens is 1. The van der Waals surface area contributed by atoms with Crippen LogP contribution in [-0.4, -0.2) is 9.97 Å². The highest BCUT2D eigenvalue weighted by atomic mass is 32.2. The Morgan fingerprint density at radius 1 is 1.21 bits per heavy atom. The van der Waals surface area contributed by atoms with Crippen LogP contribution in [0.2, 0.25) is 0 Å². The van der Waals surface area contributed by atoms with E-state index < -0.39 is 0 Å². The maximum Gasteiger partial charge on any atom is 0.0931 e. The molecule has 3 heteroatoms. The van der Waals surface area contributed by atoms with Gasteiger partial charge in [-0.3, -0.25) is 0 Å². The van der Waals surface area contributed by atoms with Crippen molar-refractivity contribution in [3.8, 4) is 0 Å². The molecule has 0 atom stereocenters. The highest BCUT2D eigenvalue weighted by Crippen LogP contribution is 2.05. The first-order chi connectivity index (χ1) is 6.88. The Morgan fingerprint density at radius 2 is 1.93 bits per heavy atom. The predicted octanol–water partition coefficient (Wildman–Crippen LogP) is 3.57. The van der Waals surface area contributed by atoms with E-state index in [2.05, 4.69) is 23.1 Å². The number of hydrogen-bond acceptors (Lipinski definition) is 2. The van der Waals surface area contributed by atoms with E-state index in [-0.39, 0.29) is 0 Å². The number of rotatable bonds is 2. The molecule has 0 aliphatic rings. The zero-order valence-corrected chi connectivity index (χ0v) is 8.63. The summed E-state index contributed by atoms with van der Waals surface area (Å²) in [6, 6.07) is 7.94. The van der Waals surface area contributed by atoms with E-state index in [1.165, 1.54) is 11.8 Å². The molecule has 0 unspecified atom stereocenters. The van der Waals surface area contributed by atoms with Gasteiger partial charge in [0.15, 0.2) is 0 Å². The van der Waals surface area contributed by atoms with E-state index >= 15 is 0 Å². The van der Waals surface area contributed by atoms with Crippen LogP contribution < -0.4 is 0 Å². The molecular weight excluding hydrogens is 192 g/mol. The first-order valence-corrected chi connectivity index (χ1v) is 5.08. The summed E-state index contributed by atoms with van der Waals surface area (Å²) in [5, 5.41) is 3.46. The molecule has 1 heterocycles. The molecule has 0 fully saturated rings. The third kappa shape index (κ3) is 3.11. The number of aromatic amines is 1. The molecule has 0 saturated heterocycles. The summed E-state index contributed by atoms with van der Waals surface area (Å²) in [4.78, 5) is 7.07. The minimum Gasteiger partial charge on any atom is -0.345 e. The van der Waals surface area contributed by atoms with Crippen LogP contribution in [-0.2, 0) is 0 Å². The highest BCUT2D eigenvalue weighted by Gasteiger charge is 1.88. The number of imidazole rings is 1. The van der Waals surface area contributed by atoms with Gasteiger partial charge >= 0.3 is 0 Å².